The number of amides is 2. The molecule has 2 amide bonds. The molecule has 3 heterocycles. The number of fused-ring (bicyclic) bond motifs is 1. The molecule has 0 radical (unpaired) electrons. The van der Waals surface area contributed by atoms with Crippen molar-refractivity contribution in [3.05, 3.63) is 30.0 Å². The summed E-state index contributed by atoms with van der Waals surface area (Å²) in [5.74, 6) is -0.237. The van der Waals surface area contributed by atoms with Crippen molar-refractivity contribution in [3.63, 3.8) is 0 Å². The van der Waals surface area contributed by atoms with E-state index < -0.39 is 11.5 Å². The van der Waals surface area contributed by atoms with E-state index in [-0.39, 0.29) is 31.3 Å². The normalized spacial score (nSPS) is 24.4. The van der Waals surface area contributed by atoms with E-state index in [1.165, 1.54) is 0 Å². The fourth-order valence-electron chi connectivity index (χ4n) is 3.98. The van der Waals surface area contributed by atoms with E-state index in [2.05, 4.69) is 10.5 Å². The van der Waals surface area contributed by atoms with Crippen LogP contribution in [0.25, 0.3) is 11.0 Å². The van der Waals surface area contributed by atoms with Gasteiger partial charge in [-0.25, -0.2) is 0 Å². The number of likely N-dealkylation sites (tertiary alicyclic amines) is 1. The van der Waals surface area contributed by atoms with Crippen molar-refractivity contribution in [1.29, 1.82) is 0 Å². The molecular weight excluding hydrogens is 366 g/mol. The summed E-state index contributed by atoms with van der Waals surface area (Å²) in [6, 6.07) is 7.43. The Morgan fingerprint density at radius 1 is 1.43 bits per heavy atom. The first kappa shape index (κ1) is 19.8. The van der Waals surface area contributed by atoms with Crippen molar-refractivity contribution in [2.75, 3.05) is 19.6 Å². The Morgan fingerprint density at radius 2 is 2.18 bits per heavy atom. The van der Waals surface area contributed by atoms with Crippen molar-refractivity contribution in [2.45, 2.75) is 31.8 Å². The highest BCUT2D eigenvalue weighted by molar-refractivity contribution is 5.88. The van der Waals surface area contributed by atoms with Gasteiger partial charge in [0.15, 0.2) is 5.58 Å². The summed E-state index contributed by atoms with van der Waals surface area (Å²) in [6.45, 7) is 1.09. The smallest absolute Gasteiger partial charge is 0.290 e. The number of rotatable bonds is 2. The van der Waals surface area contributed by atoms with Gasteiger partial charge in [0.2, 0.25) is 11.8 Å². The molecule has 0 aliphatic carbocycles. The largest absolute Gasteiger partial charge is 0.483 e. The van der Waals surface area contributed by atoms with Crippen LogP contribution in [-0.2, 0) is 20.8 Å². The van der Waals surface area contributed by atoms with E-state index in [0.29, 0.717) is 37.2 Å². The van der Waals surface area contributed by atoms with Crippen LogP contribution in [0.1, 0.15) is 25.0 Å². The second-order valence-electron chi connectivity index (χ2n) is 7.04. The van der Waals surface area contributed by atoms with Gasteiger partial charge in [-0.05, 0) is 31.4 Å². The average molecular weight is 389 g/mol. The van der Waals surface area contributed by atoms with Gasteiger partial charge in [-0.2, -0.15) is 0 Å². The molecule has 9 nitrogen and oxygen atoms in total. The van der Waals surface area contributed by atoms with Crippen LogP contribution >= 0.6 is 0 Å². The maximum absolute atomic E-state index is 12.8. The zero-order valence-corrected chi connectivity index (χ0v) is 15.3. The first-order valence-corrected chi connectivity index (χ1v) is 9.17. The Morgan fingerprint density at radius 3 is 2.93 bits per heavy atom. The van der Waals surface area contributed by atoms with E-state index in [4.69, 9.17) is 14.4 Å². The standard InChI is InChI=1S/C18H21N3O4.CH2O2/c22-15-6-9-21(11-18(15)7-3-8-19-17(18)24)16(23)10-13-12-4-1-2-5-14(12)25-20-13;2-1-3/h1-2,4-5,15,22H,3,6-11H2,(H,19,24);1H,(H,2,3)/t15-,18-;/m1./s1. The summed E-state index contributed by atoms with van der Waals surface area (Å²) < 4.78 is 5.26. The third kappa shape index (κ3) is 3.70. The Balaban J connectivity index is 0.000000706. The number of carbonyl (C=O) groups is 3. The maximum Gasteiger partial charge on any atom is 0.290 e. The maximum atomic E-state index is 12.8. The molecule has 2 fully saturated rings. The van der Waals surface area contributed by atoms with E-state index in [1.807, 2.05) is 24.3 Å². The van der Waals surface area contributed by atoms with Crippen LogP contribution in [-0.4, -0.2) is 64.3 Å². The number of nitrogens with zero attached hydrogens (tertiary/aromatic N) is 2. The molecule has 9 heteroatoms. The fraction of sp³-hybridized carbons (Fsp3) is 0.474. The number of piperidine rings is 2. The molecule has 0 bridgehead atoms. The second-order valence-corrected chi connectivity index (χ2v) is 7.04. The summed E-state index contributed by atoms with van der Waals surface area (Å²) in [6.07, 6.45) is 1.27. The summed E-state index contributed by atoms with van der Waals surface area (Å²) in [5.41, 5.74) is 0.384. The van der Waals surface area contributed by atoms with Crippen molar-refractivity contribution < 1.29 is 29.1 Å². The zero-order chi connectivity index (χ0) is 20.1. The van der Waals surface area contributed by atoms with Gasteiger partial charge in [-0.1, -0.05) is 17.3 Å². The van der Waals surface area contributed by atoms with Gasteiger partial charge >= 0.3 is 0 Å². The summed E-state index contributed by atoms with van der Waals surface area (Å²) in [7, 11) is 0. The van der Waals surface area contributed by atoms with Crippen LogP contribution < -0.4 is 5.32 Å². The van der Waals surface area contributed by atoms with Crippen LogP contribution in [0.2, 0.25) is 0 Å². The van der Waals surface area contributed by atoms with Crippen molar-refractivity contribution in [1.82, 2.24) is 15.4 Å². The number of hydrogen-bond donors (Lipinski definition) is 3. The third-order valence-corrected chi connectivity index (χ3v) is 5.44. The molecule has 4 rings (SSSR count). The average Bonchev–Trinajstić information content (AvgIpc) is 3.10. The molecule has 0 unspecified atom stereocenters. The van der Waals surface area contributed by atoms with E-state index in [9.17, 15) is 14.7 Å². The molecule has 1 spiro atoms. The van der Waals surface area contributed by atoms with Gasteiger partial charge in [0.05, 0.1) is 17.9 Å². The van der Waals surface area contributed by atoms with Crippen molar-refractivity contribution >= 4 is 29.3 Å². The molecule has 0 saturated carbocycles. The van der Waals surface area contributed by atoms with E-state index in [0.717, 1.165) is 11.8 Å². The van der Waals surface area contributed by atoms with Gasteiger partial charge in [0.25, 0.3) is 6.47 Å². The molecule has 1 aromatic carbocycles. The molecule has 3 N–H and O–H groups in total. The van der Waals surface area contributed by atoms with Crippen LogP contribution in [0.15, 0.2) is 28.8 Å². The van der Waals surface area contributed by atoms with Crippen molar-refractivity contribution in [3.8, 4) is 0 Å². The molecule has 28 heavy (non-hydrogen) atoms. The number of aliphatic hydroxyl groups excluding tert-OH is 1. The molecular formula is C19H23N3O6. The Bertz CT molecular complexity index is 866. The lowest BCUT2D eigenvalue weighted by Gasteiger charge is -2.46. The van der Waals surface area contributed by atoms with Crippen molar-refractivity contribution in [2.24, 2.45) is 5.41 Å². The number of nitrogens with one attached hydrogen (secondary N) is 1. The molecule has 2 aromatic rings. The molecule has 2 atom stereocenters. The summed E-state index contributed by atoms with van der Waals surface area (Å²) >= 11 is 0. The number of aromatic nitrogens is 1. The predicted octanol–water partition coefficient (Wildman–Crippen LogP) is 0.561. The predicted molar refractivity (Wildman–Crippen MR) is 98.3 cm³/mol. The van der Waals surface area contributed by atoms with Crippen LogP contribution in [0.5, 0.6) is 0 Å². The van der Waals surface area contributed by atoms with Crippen LogP contribution in [0, 0.1) is 5.41 Å². The lowest BCUT2D eigenvalue weighted by molar-refractivity contribution is -0.154. The summed E-state index contributed by atoms with van der Waals surface area (Å²) in [5, 5.41) is 25.0. The second kappa shape index (κ2) is 8.39. The highest BCUT2D eigenvalue weighted by Gasteiger charge is 2.50. The van der Waals surface area contributed by atoms with E-state index >= 15 is 0 Å². The minimum atomic E-state index is -0.877. The minimum Gasteiger partial charge on any atom is -0.483 e. The summed E-state index contributed by atoms with van der Waals surface area (Å²) in [4.78, 5) is 35.2. The molecule has 150 valence electrons. The van der Waals surface area contributed by atoms with Crippen LogP contribution in [0.3, 0.4) is 0 Å². The first-order valence-electron chi connectivity index (χ1n) is 9.17. The minimum absolute atomic E-state index is 0.0938. The Kier molecular flexibility index (Phi) is 5.93. The molecule has 2 aliphatic heterocycles. The zero-order valence-electron chi connectivity index (χ0n) is 15.3. The Hall–Kier alpha value is -2.94. The van der Waals surface area contributed by atoms with E-state index in [1.54, 1.807) is 4.90 Å². The monoisotopic (exact) mass is 389 g/mol. The number of carboxylic acid groups (broad SMARTS) is 1. The fourth-order valence-corrected chi connectivity index (χ4v) is 3.98. The van der Waals surface area contributed by atoms with Gasteiger partial charge < -0.3 is 25.0 Å². The molecule has 1 aromatic heterocycles. The van der Waals surface area contributed by atoms with Gasteiger partial charge in [-0.3, -0.25) is 14.4 Å². The van der Waals surface area contributed by atoms with Gasteiger partial charge in [-0.15, -0.1) is 0 Å². The van der Waals surface area contributed by atoms with Gasteiger partial charge in [0, 0.05) is 25.0 Å². The van der Waals surface area contributed by atoms with Gasteiger partial charge in [0.1, 0.15) is 5.69 Å². The Labute approximate surface area is 161 Å². The highest BCUT2D eigenvalue weighted by atomic mass is 16.5. The lowest BCUT2D eigenvalue weighted by atomic mass is 9.71. The third-order valence-electron chi connectivity index (χ3n) is 5.44. The number of para-hydroxylation sites is 1. The molecule has 2 saturated heterocycles. The van der Waals surface area contributed by atoms with Crippen LogP contribution in [0.4, 0.5) is 0 Å². The number of hydrogen-bond acceptors (Lipinski definition) is 6. The quantitative estimate of drug-likeness (QED) is 0.639. The SMILES string of the molecule is O=C(Cc1noc2ccccc12)N1CC[C@@H](O)[C@@]2(CCCNC2=O)C1.O=CO. The highest BCUT2D eigenvalue weighted by Crippen LogP contribution is 2.37. The lowest BCUT2D eigenvalue weighted by Crippen LogP contribution is -2.62. The first-order chi connectivity index (χ1) is 13.5. The molecule has 2 aliphatic rings. The topological polar surface area (TPSA) is 133 Å². The number of benzene rings is 1. The number of carbonyl (C=O) groups excluding carboxylic acids is 2. The number of aliphatic hydroxyl groups is 1.